The molecule has 29 heavy (non-hydrogen) atoms. The summed E-state index contributed by atoms with van der Waals surface area (Å²) in [6.45, 7) is 1.93. The maximum absolute atomic E-state index is 13.6. The molecular weight excluding hydrogens is 386 g/mol. The first-order chi connectivity index (χ1) is 13.9. The van der Waals surface area contributed by atoms with E-state index in [0.29, 0.717) is 22.7 Å². The number of benzene rings is 3. The van der Waals surface area contributed by atoms with Crippen LogP contribution in [0.4, 0.5) is 0 Å². The summed E-state index contributed by atoms with van der Waals surface area (Å²) in [6.07, 6.45) is 0. The van der Waals surface area contributed by atoms with Crippen molar-refractivity contribution >= 4 is 20.9 Å². The first kappa shape index (κ1) is 19.1. The van der Waals surface area contributed by atoms with Crippen LogP contribution in [0.25, 0.3) is 22.2 Å². The number of hydrogen-bond donors (Lipinski definition) is 0. The van der Waals surface area contributed by atoms with Gasteiger partial charge in [-0.3, -0.25) is 0 Å². The van der Waals surface area contributed by atoms with Gasteiger partial charge in [-0.1, -0.05) is 17.7 Å². The molecule has 0 aliphatic carbocycles. The molecule has 0 unspecified atom stereocenters. The Kier molecular flexibility index (Phi) is 4.80. The minimum atomic E-state index is -3.81. The number of nitrogens with zero attached hydrogens (tertiary/aromatic N) is 1. The van der Waals surface area contributed by atoms with Crippen molar-refractivity contribution in [3.63, 3.8) is 0 Å². The lowest BCUT2D eigenvalue weighted by atomic mass is 10.1. The molecule has 1 aromatic heterocycles. The first-order valence-corrected chi connectivity index (χ1v) is 10.5. The van der Waals surface area contributed by atoms with Crippen LogP contribution in [0.15, 0.2) is 77.7 Å². The van der Waals surface area contributed by atoms with E-state index in [4.69, 9.17) is 9.47 Å². The minimum Gasteiger partial charge on any atom is -0.497 e. The van der Waals surface area contributed by atoms with Crippen molar-refractivity contribution in [2.75, 3.05) is 14.2 Å². The lowest BCUT2D eigenvalue weighted by Crippen LogP contribution is -2.14. The van der Waals surface area contributed by atoms with E-state index >= 15 is 0 Å². The van der Waals surface area contributed by atoms with Gasteiger partial charge in [0.05, 0.1) is 30.3 Å². The average molecular weight is 407 g/mol. The van der Waals surface area contributed by atoms with Crippen LogP contribution in [0.2, 0.25) is 0 Å². The Labute approximate surface area is 170 Å². The molecule has 3 aromatic carbocycles. The Morgan fingerprint density at radius 3 is 2.00 bits per heavy atom. The van der Waals surface area contributed by atoms with Crippen LogP contribution in [-0.4, -0.2) is 26.6 Å². The zero-order chi connectivity index (χ0) is 20.6. The first-order valence-electron chi connectivity index (χ1n) is 9.10. The van der Waals surface area contributed by atoms with Crippen LogP contribution in [0.1, 0.15) is 5.56 Å². The fourth-order valence-electron chi connectivity index (χ4n) is 3.33. The highest BCUT2D eigenvalue weighted by atomic mass is 32.2. The fraction of sp³-hybridized carbons (Fsp3) is 0.130. The number of hydrogen-bond acceptors (Lipinski definition) is 4. The van der Waals surface area contributed by atoms with E-state index in [1.807, 2.05) is 43.3 Å². The van der Waals surface area contributed by atoms with Gasteiger partial charge in [-0.05, 0) is 73.2 Å². The highest BCUT2D eigenvalue weighted by Gasteiger charge is 2.24. The van der Waals surface area contributed by atoms with E-state index in [0.717, 1.165) is 16.5 Å². The molecule has 6 heteroatoms. The predicted octanol–water partition coefficient (Wildman–Crippen LogP) is 4.87. The third-order valence-electron chi connectivity index (χ3n) is 4.91. The average Bonchev–Trinajstić information content (AvgIpc) is 3.13. The molecule has 0 radical (unpaired) electrons. The van der Waals surface area contributed by atoms with Crippen LogP contribution in [0.5, 0.6) is 11.5 Å². The van der Waals surface area contributed by atoms with Gasteiger partial charge in [0.1, 0.15) is 11.5 Å². The maximum Gasteiger partial charge on any atom is 0.268 e. The minimum absolute atomic E-state index is 0.242. The van der Waals surface area contributed by atoms with Gasteiger partial charge >= 0.3 is 0 Å². The van der Waals surface area contributed by atoms with Crippen molar-refractivity contribution in [2.24, 2.45) is 0 Å². The van der Waals surface area contributed by atoms with Gasteiger partial charge < -0.3 is 9.47 Å². The fourth-order valence-corrected chi connectivity index (χ4v) is 4.87. The van der Waals surface area contributed by atoms with E-state index in [-0.39, 0.29) is 4.90 Å². The molecule has 148 valence electrons. The van der Waals surface area contributed by atoms with E-state index in [2.05, 4.69) is 0 Å². The summed E-state index contributed by atoms with van der Waals surface area (Å²) >= 11 is 0. The van der Waals surface area contributed by atoms with Crippen molar-refractivity contribution in [1.82, 2.24) is 3.97 Å². The Bertz CT molecular complexity index is 1270. The number of rotatable bonds is 5. The topological polar surface area (TPSA) is 57.5 Å². The summed E-state index contributed by atoms with van der Waals surface area (Å²) in [5, 5.41) is 0.783. The summed E-state index contributed by atoms with van der Waals surface area (Å²) in [5.74, 6) is 1.38. The van der Waals surface area contributed by atoms with Gasteiger partial charge in [-0.25, -0.2) is 12.4 Å². The van der Waals surface area contributed by atoms with Gasteiger partial charge in [0.15, 0.2) is 0 Å². The normalized spacial score (nSPS) is 11.6. The van der Waals surface area contributed by atoms with Crippen LogP contribution in [-0.2, 0) is 10.0 Å². The third-order valence-corrected chi connectivity index (χ3v) is 6.65. The summed E-state index contributed by atoms with van der Waals surface area (Å²) in [7, 11) is -0.622. The maximum atomic E-state index is 13.6. The summed E-state index contributed by atoms with van der Waals surface area (Å²) in [4.78, 5) is 0.242. The molecule has 5 nitrogen and oxygen atoms in total. The third kappa shape index (κ3) is 3.36. The standard InChI is InChI=1S/C23H21NO4S/c1-16-4-11-21(12-5-16)29(25,26)24-22-13-10-20(28-3)14-18(22)15-23(24)17-6-8-19(27-2)9-7-17/h4-15H,1-3H3. The SMILES string of the molecule is COc1ccc(-c2cc3cc(OC)ccc3n2S(=O)(=O)c2ccc(C)cc2)cc1. The van der Waals surface area contributed by atoms with Gasteiger partial charge in [0.2, 0.25) is 0 Å². The molecule has 0 spiro atoms. The van der Waals surface area contributed by atoms with E-state index < -0.39 is 10.0 Å². The molecule has 1 heterocycles. The molecule has 0 aliphatic heterocycles. The molecule has 4 aromatic rings. The lowest BCUT2D eigenvalue weighted by Gasteiger charge is -2.13. The van der Waals surface area contributed by atoms with Gasteiger partial charge in [0.25, 0.3) is 10.0 Å². The molecular formula is C23H21NO4S. The van der Waals surface area contributed by atoms with Gasteiger partial charge in [0, 0.05) is 5.39 Å². The monoisotopic (exact) mass is 407 g/mol. The predicted molar refractivity (Wildman–Crippen MR) is 114 cm³/mol. The van der Waals surface area contributed by atoms with Gasteiger partial charge in [-0.2, -0.15) is 0 Å². The molecule has 0 aliphatic rings. The van der Waals surface area contributed by atoms with E-state index in [9.17, 15) is 8.42 Å². The smallest absolute Gasteiger partial charge is 0.268 e. The summed E-state index contributed by atoms with van der Waals surface area (Å²) in [6, 6.07) is 21.5. The molecule has 0 N–H and O–H groups in total. The molecule has 4 rings (SSSR count). The Balaban J connectivity index is 2.00. The molecule has 0 bridgehead atoms. The van der Waals surface area contributed by atoms with Crippen molar-refractivity contribution in [1.29, 1.82) is 0 Å². The molecule has 0 amide bonds. The largest absolute Gasteiger partial charge is 0.497 e. The van der Waals surface area contributed by atoms with Crippen LogP contribution >= 0.6 is 0 Å². The molecule has 0 saturated heterocycles. The number of methoxy groups -OCH3 is 2. The highest BCUT2D eigenvalue weighted by molar-refractivity contribution is 7.90. The van der Waals surface area contributed by atoms with E-state index in [1.54, 1.807) is 50.6 Å². The molecule has 0 atom stereocenters. The second kappa shape index (κ2) is 7.29. The Morgan fingerprint density at radius 2 is 1.38 bits per heavy atom. The van der Waals surface area contributed by atoms with Gasteiger partial charge in [-0.15, -0.1) is 0 Å². The van der Waals surface area contributed by atoms with Crippen molar-refractivity contribution < 1.29 is 17.9 Å². The zero-order valence-corrected chi connectivity index (χ0v) is 17.2. The van der Waals surface area contributed by atoms with Crippen molar-refractivity contribution in [3.05, 3.63) is 78.4 Å². The Hall–Kier alpha value is -3.25. The summed E-state index contributed by atoms with van der Waals surface area (Å²) in [5.41, 5.74) is 2.95. The Morgan fingerprint density at radius 1 is 0.759 bits per heavy atom. The van der Waals surface area contributed by atoms with Crippen molar-refractivity contribution in [2.45, 2.75) is 11.8 Å². The van der Waals surface area contributed by atoms with E-state index in [1.165, 1.54) is 3.97 Å². The molecule has 0 fully saturated rings. The van der Waals surface area contributed by atoms with Crippen LogP contribution < -0.4 is 9.47 Å². The second-order valence-corrected chi connectivity index (χ2v) is 8.55. The number of aromatic nitrogens is 1. The number of fused-ring (bicyclic) bond motifs is 1. The quantitative estimate of drug-likeness (QED) is 0.474. The number of ether oxygens (including phenoxy) is 2. The number of aryl methyl sites for hydroxylation is 1. The molecule has 0 saturated carbocycles. The lowest BCUT2D eigenvalue weighted by molar-refractivity contribution is 0.415. The van der Waals surface area contributed by atoms with Crippen LogP contribution in [0, 0.1) is 6.92 Å². The van der Waals surface area contributed by atoms with Crippen molar-refractivity contribution in [3.8, 4) is 22.8 Å². The highest BCUT2D eigenvalue weighted by Crippen LogP contribution is 2.34. The second-order valence-electron chi connectivity index (χ2n) is 6.77. The summed E-state index contributed by atoms with van der Waals surface area (Å²) < 4.78 is 39.1. The zero-order valence-electron chi connectivity index (χ0n) is 16.4. The van der Waals surface area contributed by atoms with Crippen LogP contribution in [0.3, 0.4) is 0 Å².